The molecule has 0 radical (unpaired) electrons. The Bertz CT molecular complexity index is 1220. The monoisotopic (exact) mass is 457 g/mol. The quantitative estimate of drug-likeness (QED) is 0.417. The van der Waals surface area contributed by atoms with E-state index in [-0.39, 0.29) is 10.6 Å². The SMILES string of the molecule is Cc1ccc(S(=O)(=O)N[C@@H](c2ccccc2)[Si](C)(c2ccccc2)c2ccccc2)cc1. The first-order valence-electron chi connectivity index (χ1n) is 10.7. The van der Waals surface area contributed by atoms with Gasteiger partial charge in [0.15, 0.2) is 0 Å². The summed E-state index contributed by atoms with van der Waals surface area (Å²) < 4.78 is 30.2. The standard InChI is InChI=1S/C27H27NO2SSi/c1-22-18-20-24(21-19-22)31(29,30)28-27(23-12-6-3-7-13-23)32(2,25-14-8-4-9-15-25)26-16-10-5-11-17-26/h3-21,27-28H,1-2H3/t27-/m1/s1. The van der Waals surface area contributed by atoms with Gasteiger partial charge in [0.05, 0.1) is 4.90 Å². The van der Waals surface area contributed by atoms with Crippen LogP contribution in [0.25, 0.3) is 0 Å². The van der Waals surface area contributed by atoms with Crippen LogP contribution < -0.4 is 15.1 Å². The highest BCUT2D eigenvalue weighted by Crippen LogP contribution is 2.27. The molecule has 0 saturated heterocycles. The number of benzene rings is 4. The molecule has 0 saturated carbocycles. The highest BCUT2D eigenvalue weighted by molar-refractivity contribution is 7.89. The largest absolute Gasteiger partial charge is 0.240 e. The van der Waals surface area contributed by atoms with Gasteiger partial charge >= 0.3 is 0 Å². The molecule has 0 unspecified atom stereocenters. The van der Waals surface area contributed by atoms with Crippen molar-refractivity contribution in [3.05, 3.63) is 126 Å². The molecule has 4 rings (SSSR count). The topological polar surface area (TPSA) is 46.2 Å². The second kappa shape index (κ2) is 9.24. The summed E-state index contributed by atoms with van der Waals surface area (Å²) in [7, 11) is -6.35. The number of sulfonamides is 1. The van der Waals surface area contributed by atoms with Crippen LogP contribution in [-0.4, -0.2) is 16.5 Å². The molecule has 4 aromatic rings. The summed E-state index contributed by atoms with van der Waals surface area (Å²) in [5.74, 6) is 0. The van der Waals surface area contributed by atoms with E-state index in [1.54, 1.807) is 12.1 Å². The fourth-order valence-corrected chi connectivity index (χ4v) is 10.3. The summed E-state index contributed by atoms with van der Waals surface area (Å²) in [5.41, 5.74) is 1.60. The van der Waals surface area contributed by atoms with Crippen LogP contribution in [-0.2, 0) is 10.0 Å². The lowest BCUT2D eigenvalue weighted by Crippen LogP contribution is -2.64. The number of nitrogens with one attached hydrogen (secondary N) is 1. The van der Waals surface area contributed by atoms with E-state index in [0.717, 1.165) is 11.1 Å². The van der Waals surface area contributed by atoms with Gasteiger partial charge in [0.2, 0.25) is 10.0 Å². The smallest absolute Gasteiger partial charge is 0.207 e. The molecule has 162 valence electrons. The van der Waals surface area contributed by atoms with Gasteiger partial charge in [0, 0.05) is 5.67 Å². The summed E-state index contributed by atoms with van der Waals surface area (Å²) in [6.07, 6.45) is 0. The van der Waals surface area contributed by atoms with Crippen molar-refractivity contribution in [3.63, 3.8) is 0 Å². The van der Waals surface area contributed by atoms with E-state index >= 15 is 0 Å². The second-order valence-corrected chi connectivity index (χ2v) is 14.1. The van der Waals surface area contributed by atoms with Gasteiger partial charge in [-0.2, -0.15) is 0 Å². The Morgan fingerprint density at radius 2 is 1.09 bits per heavy atom. The van der Waals surface area contributed by atoms with Crippen molar-refractivity contribution in [2.75, 3.05) is 0 Å². The van der Waals surface area contributed by atoms with Gasteiger partial charge < -0.3 is 0 Å². The highest BCUT2D eigenvalue weighted by atomic mass is 32.2. The maximum atomic E-state index is 13.5. The van der Waals surface area contributed by atoms with Gasteiger partial charge in [0.25, 0.3) is 0 Å². The lowest BCUT2D eigenvalue weighted by molar-refractivity contribution is 0.578. The van der Waals surface area contributed by atoms with E-state index in [1.807, 2.05) is 85.8 Å². The van der Waals surface area contributed by atoms with Crippen LogP contribution in [0.1, 0.15) is 16.8 Å². The molecule has 0 amide bonds. The summed E-state index contributed by atoms with van der Waals surface area (Å²) >= 11 is 0. The predicted molar refractivity (Wildman–Crippen MR) is 134 cm³/mol. The average molecular weight is 458 g/mol. The van der Waals surface area contributed by atoms with E-state index in [4.69, 9.17) is 0 Å². The molecule has 0 aromatic heterocycles. The second-order valence-electron chi connectivity index (χ2n) is 8.21. The first-order valence-corrected chi connectivity index (χ1v) is 14.7. The van der Waals surface area contributed by atoms with Crippen molar-refractivity contribution in [2.24, 2.45) is 0 Å². The van der Waals surface area contributed by atoms with Crippen LogP contribution in [0.2, 0.25) is 6.55 Å². The van der Waals surface area contributed by atoms with Crippen molar-refractivity contribution in [1.82, 2.24) is 4.72 Å². The highest BCUT2D eigenvalue weighted by Gasteiger charge is 2.43. The molecule has 0 bridgehead atoms. The number of hydrogen-bond donors (Lipinski definition) is 1. The molecule has 0 aliphatic carbocycles. The Kier molecular flexibility index (Phi) is 6.42. The molecule has 1 atom stereocenters. The van der Waals surface area contributed by atoms with Crippen LogP contribution in [0.4, 0.5) is 0 Å². The zero-order valence-corrected chi connectivity index (χ0v) is 20.1. The van der Waals surface area contributed by atoms with Crippen molar-refractivity contribution in [3.8, 4) is 0 Å². The Labute approximate surface area is 191 Å². The van der Waals surface area contributed by atoms with Gasteiger partial charge in [0.1, 0.15) is 8.07 Å². The Morgan fingerprint density at radius 1 is 0.656 bits per heavy atom. The molecule has 0 heterocycles. The summed E-state index contributed by atoms with van der Waals surface area (Å²) in [6.45, 7) is 4.19. The molecule has 32 heavy (non-hydrogen) atoms. The molecular formula is C27H27NO2SSi. The Balaban J connectivity index is 1.91. The molecule has 1 N–H and O–H groups in total. The van der Waals surface area contributed by atoms with Gasteiger partial charge in [-0.1, -0.05) is 126 Å². The van der Waals surface area contributed by atoms with Crippen molar-refractivity contribution in [1.29, 1.82) is 0 Å². The lowest BCUT2D eigenvalue weighted by Gasteiger charge is -2.37. The minimum Gasteiger partial charge on any atom is -0.207 e. The number of aryl methyl sites for hydroxylation is 1. The summed E-state index contributed by atoms with van der Waals surface area (Å²) in [4.78, 5) is 0.279. The molecule has 0 spiro atoms. The third-order valence-electron chi connectivity index (χ3n) is 6.06. The van der Waals surface area contributed by atoms with E-state index in [0.29, 0.717) is 0 Å². The third kappa shape index (κ3) is 4.46. The molecule has 3 nitrogen and oxygen atoms in total. The van der Waals surface area contributed by atoms with E-state index < -0.39 is 18.1 Å². The zero-order chi connectivity index (χ0) is 22.6. The van der Waals surface area contributed by atoms with E-state index in [2.05, 4.69) is 35.5 Å². The lowest BCUT2D eigenvalue weighted by atomic mass is 10.2. The zero-order valence-electron chi connectivity index (χ0n) is 18.3. The minimum absolute atomic E-state index is 0.279. The first-order chi connectivity index (χ1) is 15.4. The molecule has 5 heteroatoms. The van der Waals surface area contributed by atoms with Crippen LogP contribution in [0.3, 0.4) is 0 Å². The molecule has 0 aliphatic heterocycles. The van der Waals surface area contributed by atoms with Gasteiger partial charge in [-0.05, 0) is 24.6 Å². The predicted octanol–water partition coefficient (Wildman–Crippen LogP) is 4.45. The van der Waals surface area contributed by atoms with E-state index in [1.165, 1.54) is 10.4 Å². The molecular weight excluding hydrogens is 430 g/mol. The number of hydrogen-bond acceptors (Lipinski definition) is 2. The van der Waals surface area contributed by atoms with Crippen LogP contribution >= 0.6 is 0 Å². The average Bonchev–Trinajstić information content (AvgIpc) is 2.84. The minimum atomic E-state index is -3.74. The Morgan fingerprint density at radius 3 is 1.56 bits per heavy atom. The van der Waals surface area contributed by atoms with Gasteiger partial charge in [-0.3, -0.25) is 0 Å². The third-order valence-corrected chi connectivity index (χ3v) is 12.4. The molecule has 4 aromatic carbocycles. The molecule has 0 fully saturated rings. The fraction of sp³-hybridized carbons (Fsp3) is 0.111. The Hall–Kier alpha value is -2.99. The van der Waals surface area contributed by atoms with Crippen LogP contribution in [0, 0.1) is 6.92 Å². The number of rotatable bonds is 7. The van der Waals surface area contributed by atoms with Crippen molar-refractivity contribution in [2.45, 2.75) is 24.0 Å². The van der Waals surface area contributed by atoms with Crippen molar-refractivity contribution >= 4 is 28.5 Å². The van der Waals surface area contributed by atoms with Gasteiger partial charge in [-0.25, -0.2) is 13.1 Å². The van der Waals surface area contributed by atoms with Crippen LogP contribution in [0.5, 0.6) is 0 Å². The maximum absolute atomic E-state index is 13.5. The first kappa shape index (κ1) is 22.2. The van der Waals surface area contributed by atoms with Crippen molar-refractivity contribution < 1.29 is 8.42 Å². The summed E-state index contributed by atoms with van der Waals surface area (Å²) in [5, 5.41) is 2.35. The van der Waals surface area contributed by atoms with Gasteiger partial charge in [-0.15, -0.1) is 0 Å². The normalized spacial score (nSPS) is 12.9. The maximum Gasteiger partial charge on any atom is 0.240 e. The summed E-state index contributed by atoms with van der Waals surface area (Å²) in [6, 6.07) is 37.5. The fourth-order valence-electron chi connectivity index (χ4n) is 4.17. The van der Waals surface area contributed by atoms with E-state index in [9.17, 15) is 8.42 Å². The molecule has 0 aliphatic rings. The van der Waals surface area contributed by atoms with Crippen LogP contribution in [0.15, 0.2) is 120 Å².